The van der Waals surface area contributed by atoms with Crippen molar-refractivity contribution in [2.24, 2.45) is 0 Å². The van der Waals surface area contributed by atoms with Gasteiger partial charge in [0.15, 0.2) is 23.1 Å². The predicted octanol–water partition coefficient (Wildman–Crippen LogP) is 6.97. The molecular weight excluding hydrogens is 812 g/mol. The average Bonchev–Trinajstić information content (AvgIpc) is 3.13. The zero-order chi connectivity index (χ0) is 33.7. The maximum atomic E-state index is 13.0. The number of rotatable bonds is 14. The Morgan fingerprint density at radius 3 is 0.723 bits per heavy atom. The van der Waals surface area contributed by atoms with Gasteiger partial charge in [0.1, 0.15) is 11.1 Å². The van der Waals surface area contributed by atoms with E-state index in [1.54, 1.807) is 110 Å². The van der Waals surface area contributed by atoms with Crippen LogP contribution in [0.25, 0.3) is 0 Å². The van der Waals surface area contributed by atoms with E-state index >= 15 is 0 Å². The minimum atomic E-state index is -3.02. The molecule has 4 aromatic rings. The van der Waals surface area contributed by atoms with Gasteiger partial charge >= 0.3 is 38.2 Å². The second kappa shape index (κ2) is 18.8. The van der Waals surface area contributed by atoms with Crippen LogP contribution in [0.3, 0.4) is 0 Å². The quantitative estimate of drug-likeness (QED) is 0.0762. The summed E-state index contributed by atoms with van der Waals surface area (Å²) >= 11 is 0. The first-order valence-corrected chi connectivity index (χ1v) is 19.4. The molecule has 248 valence electrons. The molecule has 0 unspecified atom stereocenters. The summed E-state index contributed by atoms with van der Waals surface area (Å²) in [6.45, 7) is 3.47. The van der Waals surface area contributed by atoms with Gasteiger partial charge in [0.2, 0.25) is 0 Å². The Bertz CT molecular complexity index is 1360. The van der Waals surface area contributed by atoms with Crippen molar-refractivity contribution in [3.05, 3.63) is 144 Å². The van der Waals surface area contributed by atoms with Gasteiger partial charge in [-0.1, -0.05) is 121 Å². The Hall–Kier alpha value is -3.48. The maximum Gasteiger partial charge on any atom is 2.00 e. The summed E-state index contributed by atoms with van der Waals surface area (Å²) in [4.78, 5) is 51.9. The summed E-state index contributed by atoms with van der Waals surface area (Å²) in [5, 5.41) is 0. The monoisotopic (exact) mass is 851 g/mol. The van der Waals surface area contributed by atoms with Gasteiger partial charge in [-0.3, -0.25) is 19.2 Å². The van der Waals surface area contributed by atoms with Crippen molar-refractivity contribution in [3.63, 3.8) is 0 Å². The van der Waals surface area contributed by atoms with Crippen molar-refractivity contribution in [3.8, 4) is 0 Å². The summed E-state index contributed by atoms with van der Waals surface area (Å²) in [5.74, 6) is -1.07. The SMILES string of the molecule is CO[Si](C)(OC)C(C(=O)c1ccccc1)C(=O)c1ccccc1.CO[Si](C)(OC)C(C(=O)c1ccccc1)C(=O)c1ccccc1.[Pt+2]. The third-order valence-corrected chi connectivity index (χ3v) is 14.3. The molecule has 0 aliphatic rings. The molecule has 0 aromatic heterocycles. The van der Waals surface area contributed by atoms with Gasteiger partial charge in [0.25, 0.3) is 0 Å². The van der Waals surface area contributed by atoms with Gasteiger partial charge < -0.3 is 17.7 Å². The molecular formula is C36H40O8PtSi2+2. The molecule has 0 heterocycles. The van der Waals surface area contributed by atoms with E-state index in [0.717, 1.165) is 0 Å². The molecule has 47 heavy (non-hydrogen) atoms. The Morgan fingerprint density at radius 1 is 0.404 bits per heavy atom. The zero-order valence-corrected chi connectivity index (χ0v) is 31.6. The molecule has 0 atom stereocenters. The predicted molar refractivity (Wildman–Crippen MR) is 182 cm³/mol. The van der Waals surface area contributed by atoms with E-state index in [0.29, 0.717) is 22.3 Å². The molecule has 0 aliphatic heterocycles. The van der Waals surface area contributed by atoms with E-state index in [-0.39, 0.29) is 44.2 Å². The van der Waals surface area contributed by atoms with E-state index < -0.39 is 28.2 Å². The fourth-order valence-electron chi connectivity index (χ4n) is 4.91. The molecule has 0 saturated heterocycles. The number of ketones is 4. The number of Topliss-reactive ketones (excluding diaryl/α,β-unsaturated/α-hetero) is 4. The minimum absolute atomic E-state index is 0. The van der Waals surface area contributed by atoms with Crippen molar-refractivity contribution in [1.82, 2.24) is 0 Å². The molecule has 0 amide bonds. The Balaban J connectivity index is 0.000000320. The molecule has 0 saturated carbocycles. The van der Waals surface area contributed by atoms with Crippen molar-refractivity contribution >= 4 is 40.3 Å². The minimum Gasteiger partial charge on any atom is -0.397 e. The van der Waals surface area contributed by atoms with Crippen molar-refractivity contribution in [2.45, 2.75) is 24.2 Å². The van der Waals surface area contributed by atoms with Gasteiger partial charge in [-0.2, -0.15) is 0 Å². The smallest absolute Gasteiger partial charge is 0.397 e. The Kier molecular flexibility index (Phi) is 15.8. The topological polar surface area (TPSA) is 105 Å². The standard InChI is InChI=1S/2C18H20O4Si.Pt/c2*1-21-23(3,22-2)18(16(19)14-10-6-4-7-11-14)17(20)15-12-8-5-9-13-15;/h2*4-13,18H,1-3H3;/q;;+2. The molecule has 0 N–H and O–H groups in total. The van der Waals surface area contributed by atoms with Crippen LogP contribution in [-0.2, 0) is 38.8 Å². The normalized spacial score (nSPS) is 11.2. The third kappa shape index (κ3) is 9.77. The number of carbonyl (C=O) groups excluding carboxylic acids is 4. The molecule has 0 fully saturated rings. The first kappa shape index (κ1) is 39.7. The van der Waals surface area contributed by atoms with Crippen LogP contribution in [0.15, 0.2) is 121 Å². The second-order valence-corrected chi connectivity index (χ2v) is 17.5. The van der Waals surface area contributed by atoms with Crippen molar-refractivity contribution in [2.75, 3.05) is 28.4 Å². The van der Waals surface area contributed by atoms with Gasteiger partial charge in [0, 0.05) is 50.7 Å². The number of carbonyl (C=O) groups is 4. The van der Waals surface area contributed by atoms with Crippen LogP contribution in [0.2, 0.25) is 24.2 Å². The molecule has 0 radical (unpaired) electrons. The Morgan fingerprint density at radius 2 is 0.574 bits per heavy atom. The molecule has 4 aromatic carbocycles. The molecule has 0 bridgehead atoms. The van der Waals surface area contributed by atoms with Gasteiger partial charge in [-0.25, -0.2) is 0 Å². The molecule has 0 spiro atoms. The third-order valence-electron chi connectivity index (χ3n) is 7.95. The van der Waals surface area contributed by atoms with Crippen LogP contribution in [0.5, 0.6) is 0 Å². The Labute approximate surface area is 293 Å². The van der Waals surface area contributed by atoms with Gasteiger partial charge in [0.05, 0.1) is 0 Å². The summed E-state index contributed by atoms with van der Waals surface area (Å²) in [7, 11) is -0.0936. The van der Waals surface area contributed by atoms with Crippen LogP contribution in [0.4, 0.5) is 0 Å². The fourth-order valence-corrected chi connectivity index (χ4v) is 8.75. The largest absolute Gasteiger partial charge is 2.00 e. The van der Waals surface area contributed by atoms with Crippen LogP contribution in [0, 0.1) is 0 Å². The van der Waals surface area contributed by atoms with Crippen LogP contribution in [-0.4, -0.2) is 68.7 Å². The van der Waals surface area contributed by atoms with E-state index in [2.05, 4.69) is 0 Å². The van der Waals surface area contributed by atoms with Gasteiger partial charge in [-0.15, -0.1) is 0 Å². The second-order valence-electron chi connectivity index (χ2n) is 10.6. The van der Waals surface area contributed by atoms with Gasteiger partial charge in [-0.05, 0) is 13.1 Å². The molecule has 4 rings (SSSR count). The van der Waals surface area contributed by atoms with E-state index in [1.807, 2.05) is 24.3 Å². The summed E-state index contributed by atoms with van der Waals surface area (Å²) in [6, 6.07) is 35.1. The fraction of sp³-hybridized carbons (Fsp3) is 0.222. The van der Waals surface area contributed by atoms with Crippen molar-refractivity contribution < 1.29 is 57.9 Å². The average molecular weight is 852 g/mol. The first-order valence-electron chi connectivity index (χ1n) is 14.6. The van der Waals surface area contributed by atoms with Crippen LogP contribution in [0.1, 0.15) is 41.4 Å². The molecule has 8 nitrogen and oxygen atoms in total. The summed E-state index contributed by atoms with van der Waals surface area (Å²) in [5.41, 5.74) is 0.0121. The molecule has 0 aliphatic carbocycles. The number of hydrogen-bond donors (Lipinski definition) is 0. The van der Waals surface area contributed by atoms with E-state index in [1.165, 1.54) is 28.4 Å². The summed E-state index contributed by atoms with van der Waals surface area (Å²) in [6.07, 6.45) is 0. The van der Waals surface area contributed by atoms with Crippen LogP contribution < -0.4 is 0 Å². The number of benzene rings is 4. The van der Waals surface area contributed by atoms with E-state index in [9.17, 15) is 19.2 Å². The zero-order valence-electron chi connectivity index (χ0n) is 27.3. The molecule has 11 heteroatoms. The maximum absolute atomic E-state index is 13.0. The van der Waals surface area contributed by atoms with E-state index in [4.69, 9.17) is 17.7 Å². The number of hydrogen-bond acceptors (Lipinski definition) is 8. The van der Waals surface area contributed by atoms with Crippen molar-refractivity contribution in [1.29, 1.82) is 0 Å². The van der Waals surface area contributed by atoms with Crippen LogP contribution >= 0.6 is 0 Å². The first-order chi connectivity index (χ1) is 22.1. The summed E-state index contributed by atoms with van der Waals surface area (Å²) < 4.78 is 22.0.